The Balaban J connectivity index is 3.38. The first-order chi connectivity index (χ1) is 8.92. The number of phenols is 1. The lowest BCUT2D eigenvalue weighted by Gasteiger charge is -2.50. The van der Waals surface area contributed by atoms with E-state index < -0.39 is 22.2 Å². The first-order valence-corrected chi connectivity index (χ1v) is 6.93. The van der Waals surface area contributed by atoms with Crippen molar-refractivity contribution in [3.05, 3.63) is 29.8 Å². The van der Waals surface area contributed by atoms with E-state index in [4.69, 9.17) is 0 Å². The van der Waals surface area contributed by atoms with Gasteiger partial charge in [0.25, 0.3) is 0 Å². The Bertz CT molecular complexity index is 458. The van der Waals surface area contributed by atoms with Gasteiger partial charge in [-0.2, -0.15) is 0 Å². The Morgan fingerprint density at radius 1 is 0.950 bits per heavy atom. The number of benzene rings is 1. The molecule has 0 fully saturated rings. The van der Waals surface area contributed by atoms with Crippen molar-refractivity contribution >= 4 is 5.97 Å². The maximum Gasteiger partial charge on any atom is 0.311 e. The predicted octanol–water partition coefficient (Wildman–Crippen LogP) is 4.10. The molecule has 0 saturated carbocycles. The molecule has 1 aromatic carbocycles. The molecule has 0 aliphatic carbocycles. The average molecular weight is 278 g/mol. The number of hydrogen-bond acceptors (Lipinski definition) is 2. The first-order valence-electron chi connectivity index (χ1n) is 6.93. The standard InChI is InChI=1S/C17H26O3/c1-15(2,3)17(14(19)20,16(4,5)6)11-12-7-9-13(18)10-8-12/h7-10,18H,11H2,1-6H3,(H,19,20). The minimum absolute atomic E-state index is 0.196. The monoisotopic (exact) mass is 278 g/mol. The van der Waals surface area contributed by atoms with Crippen LogP contribution in [0.3, 0.4) is 0 Å². The van der Waals surface area contributed by atoms with Crippen LogP contribution in [0.4, 0.5) is 0 Å². The van der Waals surface area contributed by atoms with E-state index >= 15 is 0 Å². The SMILES string of the molecule is CC(C)(C)C(Cc1ccc(O)cc1)(C(=O)O)C(C)(C)C. The summed E-state index contributed by atoms with van der Waals surface area (Å²) in [6.45, 7) is 11.9. The lowest BCUT2D eigenvalue weighted by molar-refractivity contribution is -0.168. The van der Waals surface area contributed by atoms with Crippen LogP contribution in [0.25, 0.3) is 0 Å². The van der Waals surface area contributed by atoms with Gasteiger partial charge in [-0.1, -0.05) is 53.7 Å². The molecule has 20 heavy (non-hydrogen) atoms. The Morgan fingerprint density at radius 2 is 1.35 bits per heavy atom. The van der Waals surface area contributed by atoms with Crippen LogP contribution in [0, 0.1) is 16.2 Å². The van der Waals surface area contributed by atoms with Gasteiger partial charge >= 0.3 is 5.97 Å². The van der Waals surface area contributed by atoms with Crippen LogP contribution in [0.5, 0.6) is 5.75 Å². The Morgan fingerprint density at radius 3 is 1.65 bits per heavy atom. The van der Waals surface area contributed by atoms with Crippen molar-refractivity contribution in [2.24, 2.45) is 16.2 Å². The van der Waals surface area contributed by atoms with E-state index in [1.807, 2.05) is 41.5 Å². The molecule has 0 aliphatic rings. The smallest absolute Gasteiger partial charge is 0.311 e. The van der Waals surface area contributed by atoms with Crippen molar-refractivity contribution in [2.45, 2.75) is 48.0 Å². The van der Waals surface area contributed by atoms with Crippen LogP contribution in [-0.4, -0.2) is 16.2 Å². The normalized spacial score (nSPS) is 13.3. The highest BCUT2D eigenvalue weighted by molar-refractivity contribution is 5.77. The van der Waals surface area contributed by atoms with Gasteiger partial charge in [0.05, 0.1) is 5.41 Å². The molecule has 1 rings (SSSR count). The zero-order chi connectivity index (χ0) is 15.8. The molecule has 112 valence electrons. The van der Waals surface area contributed by atoms with Crippen LogP contribution in [0.2, 0.25) is 0 Å². The molecule has 0 unspecified atom stereocenters. The molecule has 0 aromatic heterocycles. The fraction of sp³-hybridized carbons (Fsp3) is 0.588. The van der Waals surface area contributed by atoms with E-state index in [1.165, 1.54) is 0 Å². The fourth-order valence-corrected chi connectivity index (χ4v) is 3.29. The molecule has 0 spiro atoms. The zero-order valence-electron chi connectivity index (χ0n) is 13.3. The van der Waals surface area contributed by atoms with Gasteiger partial charge in [-0.05, 0) is 34.9 Å². The lowest BCUT2D eigenvalue weighted by Crippen LogP contribution is -2.53. The second kappa shape index (κ2) is 5.12. The van der Waals surface area contributed by atoms with Gasteiger partial charge in [0.15, 0.2) is 0 Å². The largest absolute Gasteiger partial charge is 0.508 e. The van der Waals surface area contributed by atoms with E-state index in [-0.39, 0.29) is 5.75 Å². The maximum atomic E-state index is 12.1. The Hall–Kier alpha value is -1.51. The summed E-state index contributed by atoms with van der Waals surface area (Å²) in [4.78, 5) is 12.1. The van der Waals surface area contributed by atoms with Crippen molar-refractivity contribution in [3.8, 4) is 5.75 Å². The summed E-state index contributed by atoms with van der Waals surface area (Å²) < 4.78 is 0. The van der Waals surface area contributed by atoms with E-state index in [0.29, 0.717) is 6.42 Å². The molecule has 0 bridgehead atoms. The molecular formula is C17H26O3. The molecule has 0 amide bonds. The van der Waals surface area contributed by atoms with Gasteiger partial charge in [0.1, 0.15) is 5.75 Å². The van der Waals surface area contributed by atoms with Crippen molar-refractivity contribution in [2.75, 3.05) is 0 Å². The zero-order valence-corrected chi connectivity index (χ0v) is 13.3. The highest BCUT2D eigenvalue weighted by Crippen LogP contribution is 2.53. The van der Waals surface area contributed by atoms with Crippen molar-refractivity contribution in [1.82, 2.24) is 0 Å². The molecule has 2 N–H and O–H groups in total. The molecule has 1 aromatic rings. The van der Waals surface area contributed by atoms with Crippen LogP contribution in [-0.2, 0) is 11.2 Å². The maximum absolute atomic E-state index is 12.1. The predicted molar refractivity (Wildman–Crippen MR) is 80.8 cm³/mol. The highest BCUT2D eigenvalue weighted by atomic mass is 16.4. The molecule has 0 aliphatic heterocycles. The van der Waals surface area contributed by atoms with Crippen molar-refractivity contribution in [1.29, 1.82) is 0 Å². The molecule has 0 heterocycles. The summed E-state index contributed by atoms with van der Waals surface area (Å²) >= 11 is 0. The summed E-state index contributed by atoms with van der Waals surface area (Å²) in [5.41, 5.74) is -0.754. The van der Waals surface area contributed by atoms with E-state index in [9.17, 15) is 15.0 Å². The van der Waals surface area contributed by atoms with Gasteiger partial charge in [0, 0.05) is 0 Å². The number of aromatic hydroxyl groups is 1. The topological polar surface area (TPSA) is 57.5 Å². The molecular weight excluding hydrogens is 252 g/mol. The Labute approximate surface area is 121 Å². The van der Waals surface area contributed by atoms with Gasteiger partial charge in [-0.25, -0.2) is 0 Å². The van der Waals surface area contributed by atoms with Gasteiger partial charge < -0.3 is 10.2 Å². The number of carboxylic acid groups (broad SMARTS) is 1. The second-order valence-electron chi connectivity index (χ2n) is 7.55. The van der Waals surface area contributed by atoms with Crippen LogP contribution in [0.15, 0.2) is 24.3 Å². The average Bonchev–Trinajstić information content (AvgIpc) is 2.24. The quantitative estimate of drug-likeness (QED) is 0.875. The number of rotatable bonds is 3. The third-order valence-corrected chi connectivity index (χ3v) is 4.33. The third kappa shape index (κ3) is 2.82. The number of aliphatic carboxylic acids is 1. The summed E-state index contributed by atoms with van der Waals surface area (Å²) in [5, 5.41) is 19.3. The summed E-state index contributed by atoms with van der Waals surface area (Å²) in [6.07, 6.45) is 0.440. The molecule has 3 heteroatoms. The minimum atomic E-state index is -0.892. The minimum Gasteiger partial charge on any atom is -0.508 e. The van der Waals surface area contributed by atoms with Crippen LogP contribution in [0.1, 0.15) is 47.1 Å². The van der Waals surface area contributed by atoms with Crippen LogP contribution >= 0.6 is 0 Å². The van der Waals surface area contributed by atoms with Gasteiger partial charge in [-0.3, -0.25) is 4.79 Å². The first kappa shape index (κ1) is 16.5. The lowest BCUT2D eigenvalue weighted by atomic mass is 9.52. The van der Waals surface area contributed by atoms with Crippen LogP contribution < -0.4 is 0 Å². The van der Waals surface area contributed by atoms with Crippen molar-refractivity contribution < 1.29 is 15.0 Å². The van der Waals surface area contributed by atoms with E-state index in [2.05, 4.69) is 0 Å². The molecule has 0 saturated heterocycles. The molecule has 0 atom stereocenters. The number of carbonyl (C=O) groups is 1. The Kier molecular flexibility index (Phi) is 4.23. The van der Waals surface area contributed by atoms with Gasteiger partial charge in [-0.15, -0.1) is 0 Å². The third-order valence-electron chi connectivity index (χ3n) is 4.33. The number of carboxylic acids is 1. The summed E-state index contributed by atoms with van der Waals surface area (Å²) in [5.74, 6) is -0.577. The fourth-order valence-electron chi connectivity index (χ4n) is 3.29. The summed E-state index contributed by atoms with van der Waals surface area (Å²) in [7, 11) is 0. The number of phenolic OH excluding ortho intramolecular Hbond substituents is 1. The summed E-state index contributed by atoms with van der Waals surface area (Å²) in [6, 6.07) is 6.80. The molecule has 0 radical (unpaired) electrons. The van der Waals surface area contributed by atoms with Crippen molar-refractivity contribution in [3.63, 3.8) is 0 Å². The van der Waals surface area contributed by atoms with E-state index in [1.54, 1.807) is 24.3 Å². The van der Waals surface area contributed by atoms with E-state index in [0.717, 1.165) is 5.56 Å². The highest BCUT2D eigenvalue weighted by Gasteiger charge is 2.56. The number of hydrogen-bond donors (Lipinski definition) is 2. The van der Waals surface area contributed by atoms with Gasteiger partial charge in [0.2, 0.25) is 0 Å². The molecule has 3 nitrogen and oxygen atoms in total. The second-order valence-corrected chi connectivity index (χ2v) is 7.55.